The van der Waals surface area contributed by atoms with Crippen molar-refractivity contribution in [3.63, 3.8) is 0 Å². The van der Waals surface area contributed by atoms with Gasteiger partial charge in [-0.2, -0.15) is 0 Å². The molecule has 0 aromatic carbocycles. The summed E-state index contributed by atoms with van der Waals surface area (Å²) in [4.78, 5) is 10.9. The van der Waals surface area contributed by atoms with Gasteiger partial charge >= 0.3 is 0 Å². The van der Waals surface area contributed by atoms with E-state index in [-0.39, 0.29) is 11.4 Å². The molecule has 1 saturated heterocycles. The summed E-state index contributed by atoms with van der Waals surface area (Å²) in [5, 5.41) is 3.06. The Bertz CT molecular complexity index is 180. The van der Waals surface area contributed by atoms with Crippen LogP contribution in [0.4, 0.5) is 0 Å². The zero-order valence-electron chi connectivity index (χ0n) is 6.48. The van der Waals surface area contributed by atoms with Crippen LogP contribution in [0.2, 0.25) is 0 Å². The first-order chi connectivity index (χ1) is 4.67. The Hall–Kier alpha value is -0.530. The summed E-state index contributed by atoms with van der Waals surface area (Å²) in [6.45, 7) is 4.44. The summed E-state index contributed by atoms with van der Waals surface area (Å²) in [5.41, 5.74) is 0.233. The van der Waals surface area contributed by atoms with E-state index >= 15 is 0 Å². The van der Waals surface area contributed by atoms with Crippen LogP contribution >= 0.6 is 0 Å². The van der Waals surface area contributed by atoms with E-state index in [9.17, 15) is 4.79 Å². The maximum Gasteiger partial charge on any atom is 0.220 e. The molecule has 0 bridgehead atoms. The van der Waals surface area contributed by atoms with Gasteiger partial charge in [0.15, 0.2) is 0 Å². The Balaban J connectivity index is 2.15. The Kier molecular flexibility index (Phi) is 0.960. The molecule has 2 atom stereocenters. The SMILES string of the molecule is CC1C(C)C12CCC(=O)N2. The number of carbonyl (C=O) groups excluding carboxylic acids is 1. The van der Waals surface area contributed by atoms with E-state index in [0.29, 0.717) is 11.8 Å². The predicted octanol–water partition coefficient (Wildman–Crippen LogP) is 0.921. The van der Waals surface area contributed by atoms with Crippen LogP contribution < -0.4 is 5.32 Å². The van der Waals surface area contributed by atoms with Gasteiger partial charge in [0.2, 0.25) is 5.91 Å². The van der Waals surface area contributed by atoms with E-state index in [1.54, 1.807) is 0 Å². The topological polar surface area (TPSA) is 29.1 Å². The third-order valence-electron chi connectivity index (χ3n) is 3.40. The zero-order valence-corrected chi connectivity index (χ0v) is 6.48. The fourth-order valence-electron chi connectivity index (χ4n) is 2.25. The van der Waals surface area contributed by atoms with Crippen molar-refractivity contribution in [2.75, 3.05) is 0 Å². The monoisotopic (exact) mass is 139 g/mol. The van der Waals surface area contributed by atoms with Crippen LogP contribution in [0.3, 0.4) is 0 Å². The molecular weight excluding hydrogens is 126 g/mol. The van der Waals surface area contributed by atoms with Gasteiger partial charge in [0.25, 0.3) is 0 Å². The van der Waals surface area contributed by atoms with E-state index in [4.69, 9.17) is 0 Å². The fraction of sp³-hybridized carbons (Fsp3) is 0.875. The quantitative estimate of drug-likeness (QED) is 0.531. The van der Waals surface area contributed by atoms with Gasteiger partial charge in [0.1, 0.15) is 0 Å². The van der Waals surface area contributed by atoms with Gasteiger partial charge in [-0.15, -0.1) is 0 Å². The summed E-state index contributed by atoms with van der Waals surface area (Å²) < 4.78 is 0. The first kappa shape index (κ1) is 6.20. The van der Waals surface area contributed by atoms with E-state index in [0.717, 1.165) is 12.8 Å². The Morgan fingerprint density at radius 3 is 2.30 bits per heavy atom. The highest BCUT2D eigenvalue weighted by atomic mass is 16.2. The predicted molar refractivity (Wildman–Crippen MR) is 38.4 cm³/mol. The number of nitrogens with one attached hydrogen (secondary N) is 1. The molecule has 2 rings (SSSR count). The van der Waals surface area contributed by atoms with E-state index in [1.807, 2.05) is 0 Å². The van der Waals surface area contributed by atoms with Crippen molar-refractivity contribution in [1.29, 1.82) is 0 Å². The summed E-state index contributed by atoms with van der Waals surface area (Å²) in [5.74, 6) is 1.66. The minimum absolute atomic E-state index is 0.233. The standard InChI is InChI=1S/C8H13NO/c1-5-6(2)8(5)4-3-7(10)9-8/h5-6H,3-4H2,1-2H3,(H,9,10). The molecular formula is C8H13NO. The molecule has 2 heteroatoms. The highest BCUT2D eigenvalue weighted by Gasteiger charge is 2.61. The molecule has 2 fully saturated rings. The molecule has 1 aliphatic carbocycles. The summed E-state index contributed by atoms with van der Waals surface area (Å²) >= 11 is 0. The summed E-state index contributed by atoms with van der Waals surface area (Å²) in [6.07, 6.45) is 1.81. The number of hydrogen-bond acceptors (Lipinski definition) is 1. The lowest BCUT2D eigenvalue weighted by Crippen LogP contribution is -2.30. The minimum Gasteiger partial charge on any atom is -0.350 e. The summed E-state index contributed by atoms with van der Waals surface area (Å²) in [7, 11) is 0. The van der Waals surface area contributed by atoms with Crippen LogP contribution in [0.25, 0.3) is 0 Å². The number of amides is 1. The van der Waals surface area contributed by atoms with Crippen molar-refractivity contribution in [2.24, 2.45) is 11.8 Å². The highest BCUT2D eigenvalue weighted by Crippen LogP contribution is 2.54. The van der Waals surface area contributed by atoms with Gasteiger partial charge in [-0.1, -0.05) is 13.8 Å². The van der Waals surface area contributed by atoms with Crippen molar-refractivity contribution in [3.05, 3.63) is 0 Å². The largest absolute Gasteiger partial charge is 0.350 e. The van der Waals surface area contributed by atoms with Gasteiger partial charge in [-0.05, 0) is 18.3 Å². The second kappa shape index (κ2) is 1.55. The lowest BCUT2D eigenvalue weighted by Gasteiger charge is -2.06. The molecule has 0 aromatic heterocycles. The van der Waals surface area contributed by atoms with E-state index < -0.39 is 0 Å². The highest BCUT2D eigenvalue weighted by molar-refractivity contribution is 5.80. The van der Waals surface area contributed by atoms with Crippen LogP contribution in [0.5, 0.6) is 0 Å². The minimum atomic E-state index is 0.233. The van der Waals surface area contributed by atoms with Gasteiger partial charge in [0, 0.05) is 12.0 Å². The molecule has 1 spiro atoms. The lowest BCUT2D eigenvalue weighted by atomic mass is 10.1. The number of carbonyl (C=O) groups is 1. The summed E-state index contributed by atoms with van der Waals surface area (Å²) in [6, 6.07) is 0. The van der Waals surface area contributed by atoms with Gasteiger partial charge in [-0.3, -0.25) is 4.79 Å². The van der Waals surface area contributed by atoms with Gasteiger partial charge < -0.3 is 5.32 Å². The van der Waals surface area contributed by atoms with Crippen LogP contribution in [0.1, 0.15) is 26.7 Å². The number of hydrogen-bond donors (Lipinski definition) is 1. The molecule has 2 nitrogen and oxygen atoms in total. The Morgan fingerprint density at radius 2 is 2.10 bits per heavy atom. The van der Waals surface area contributed by atoms with Crippen LogP contribution in [-0.4, -0.2) is 11.4 Å². The second-order valence-corrected chi connectivity index (χ2v) is 3.67. The molecule has 1 N–H and O–H groups in total. The van der Waals surface area contributed by atoms with E-state index in [1.165, 1.54) is 0 Å². The first-order valence-corrected chi connectivity index (χ1v) is 3.98. The van der Waals surface area contributed by atoms with Crippen molar-refractivity contribution >= 4 is 5.91 Å². The molecule has 1 heterocycles. The molecule has 0 radical (unpaired) electrons. The molecule has 1 amide bonds. The van der Waals surface area contributed by atoms with Crippen molar-refractivity contribution in [3.8, 4) is 0 Å². The maximum atomic E-state index is 10.9. The maximum absolute atomic E-state index is 10.9. The molecule has 0 aromatic rings. The van der Waals surface area contributed by atoms with E-state index in [2.05, 4.69) is 19.2 Å². The van der Waals surface area contributed by atoms with Crippen LogP contribution in [0.15, 0.2) is 0 Å². The molecule has 2 aliphatic rings. The molecule has 1 saturated carbocycles. The average molecular weight is 139 g/mol. The third-order valence-corrected chi connectivity index (χ3v) is 3.40. The zero-order chi connectivity index (χ0) is 7.35. The smallest absolute Gasteiger partial charge is 0.220 e. The fourth-order valence-corrected chi connectivity index (χ4v) is 2.25. The third kappa shape index (κ3) is 0.522. The normalized spacial score (nSPS) is 51.6. The second-order valence-electron chi connectivity index (χ2n) is 3.67. The number of rotatable bonds is 0. The molecule has 2 unspecified atom stereocenters. The first-order valence-electron chi connectivity index (χ1n) is 3.98. The van der Waals surface area contributed by atoms with Crippen molar-refractivity contribution in [2.45, 2.75) is 32.2 Å². The van der Waals surface area contributed by atoms with Crippen LogP contribution in [0, 0.1) is 11.8 Å². The molecule has 10 heavy (non-hydrogen) atoms. The van der Waals surface area contributed by atoms with Crippen molar-refractivity contribution in [1.82, 2.24) is 5.32 Å². The van der Waals surface area contributed by atoms with Gasteiger partial charge in [0.05, 0.1) is 0 Å². The molecule has 1 aliphatic heterocycles. The molecule has 56 valence electrons. The van der Waals surface area contributed by atoms with Crippen LogP contribution in [-0.2, 0) is 4.79 Å². The Labute approximate surface area is 61.0 Å². The van der Waals surface area contributed by atoms with Crippen molar-refractivity contribution < 1.29 is 4.79 Å². The Morgan fingerprint density at radius 1 is 1.50 bits per heavy atom. The van der Waals surface area contributed by atoms with Gasteiger partial charge in [-0.25, -0.2) is 0 Å². The average Bonchev–Trinajstić information content (AvgIpc) is 2.37. The lowest BCUT2D eigenvalue weighted by molar-refractivity contribution is -0.119.